The molecular weight excluding hydrogens is 252 g/mol. The number of halogens is 1. The van der Waals surface area contributed by atoms with Gasteiger partial charge in [-0.25, -0.2) is 0 Å². The van der Waals surface area contributed by atoms with E-state index in [2.05, 4.69) is 28.8 Å². The van der Waals surface area contributed by atoms with Gasteiger partial charge in [0.05, 0.1) is 0 Å². The fraction of sp³-hybridized carbons (Fsp3) is 0.231. The number of rotatable bonds is 4. The second-order valence-corrected chi connectivity index (χ2v) is 5.18. The zero-order valence-electron chi connectivity index (χ0n) is 9.69. The summed E-state index contributed by atoms with van der Waals surface area (Å²) in [6, 6.07) is 8.00. The number of hydrogen-bond donors (Lipinski definition) is 1. The van der Waals surface area contributed by atoms with Crippen LogP contribution in [0.5, 0.6) is 0 Å². The summed E-state index contributed by atoms with van der Waals surface area (Å²) in [6.07, 6.45) is 0. The van der Waals surface area contributed by atoms with Crippen molar-refractivity contribution < 1.29 is 0 Å². The molecule has 1 aromatic carbocycles. The second-order valence-electron chi connectivity index (χ2n) is 3.96. The number of thiophene rings is 1. The third-order valence-electron chi connectivity index (χ3n) is 2.67. The summed E-state index contributed by atoms with van der Waals surface area (Å²) in [5.41, 5.74) is 9.28. The van der Waals surface area contributed by atoms with Crippen molar-refractivity contribution in [3.05, 3.63) is 51.2 Å². The number of nitrogens with two attached hydrogens (primary N) is 1. The maximum atomic E-state index is 5.97. The van der Waals surface area contributed by atoms with Crippen LogP contribution in [-0.2, 0) is 13.1 Å². The molecule has 1 heterocycles. The highest BCUT2D eigenvalue weighted by atomic mass is 35.5. The quantitative estimate of drug-likeness (QED) is 0.918. The molecule has 0 saturated heterocycles. The molecule has 0 fully saturated rings. The second kappa shape index (κ2) is 5.54. The molecule has 1 aromatic heterocycles. The summed E-state index contributed by atoms with van der Waals surface area (Å²) >= 11 is 7.69. The molecule has 2 nitrogen and oxygen atoms in total. The van der Waals surface area contributed by atoms with E-state index >= 15 is 0 Å². The van der Waals surface area contributed by atoms with Crippen molar-refractivity contribution in [3.63, 3.8) is 0 Å². The van der Waals surface area contributed by atoms with Gasteiger partial charge < -0.3 is 10.6 Å². The van der Waals surface area contributed by atoms with E-state index in [4.69, 9.17) is 17.3 Å². The average molecular weight is 267 g/mol. The zero-order valence-corrected chi connectivity index (χ0v) is 11.3. The minimum atomic E-state index is 0.504. The zero-order chi connectivity index (χ0) is 12.3. The third kappa shape index (κ3) is 3.00. The minimum Gasteiger partial charge on any atom is -0.370 e. The van der Waals surface area contributed by atoms with Crippen molar-refractivity contribution in [2.24, 2.45) is 5.73 Å². The van der Waals surface area contributed by atoms with Crippen LogP contribution < -0.4 is 10.6 Å². The van der Waals surface area contributed by atoms with E-state index in [0.717, 1.165) is 22.8 Å². The summed E-state index contributed by atoms with van der Waals surface area (Å²) in [5, 5.41) is 4.99. The summed E-state index contributed by atoms with van der Waals surface area (Å²) in [5.74, 6) is 0. The van der Waals surface area contributed by atoms with Gasteiger partial charge in [0, 0.05) is 30.8 Å². The highest BCUT2D eigenvalue weighted by molar-refractivity contribution is 7.07. The van der Waals surface area contributed by atoms with Crippen molar-refractivity contribution >= 4 is 28.6 Å². The molecule has 2 rings (SSSR count). The van der Waals surface area contributed by atoms with Gasteiger partial charge in [0.2, 0.25) is 0 Å². The highest BCUT2D eigenvalue weighted by Crippen LogP contribution is 2.24. The molecule has 0 aliphatic heterocycles. The van der Waals surface area contributed by atoms with Crippen LogP contribution in [0, 0.1) is 0 Å². The summed E-state index contributed by atoms with van der Waals surface area (Å²) < 4.78 is 0. The molecule has 4 heteroatoms. The van der Waals surface area contributed by atoms with E-state index in [0.29, 0.717) is 6.54 Å². The van der Waals surface area contributed by atoms with Crippen LogP contribution in [0.3, 0.4) is 0 Å². The minimum absolute atomic E-state index is 0.504. The van der Waals surface area contributed by atoms with Gasteiger partial charge in [0.1, 0.15) is 0 Å². The Hall–Kier alpha value is -1.03. The Balaban J connectivity index is 2.21. The van der Waals surface area contributed by atoms with E-state index in [9.17, 15) is 0 Å². The Labute approximate surface area is 111 Å². The standard InChI is InChI=1S/C13H15ClN2S/c1-16(8-10-4-5-17-9-10)13-3-2-12(14)6-11(13)7-15/h2-6,9H,7-8,15H2,1H3. The van der Waals surface area contributed by atoms with E-state index in [1.807, 2.05) is 18.2 Å². The van der Waals surface area contributed by atoms with Gasteiger partial charge in [-0.15, -0.1) is 0 Å². The molecule has 0 amide bonds. The van der Waals surface area contributed by atoms with E-state index in [1.165, 1.54) is 5.56 Å². The molecule has 0 aliphatic carbocycles. The highest BCUT2D eigenvalue weighted by Gasteiger charge is 2.07. The van der Waals surface area contributed by atoms with Crippen molar-refractivity contribution in [1.29, 1.82) is 0 Å². The molecule has 0 bridgehead atoms. The Bertz CT molecular complexity index is 482. The summed E-state index contributed by atoms with van der Waals surface area (Å²) in [6.45, 7) is 1.39. The normalized spacial score (nSPS) is 10.5. The first-order valence-electron chi connectivity index (χ1n) is 5.41. The molecule has 0 spiro atoms. The Morgan fingerprint density at radius 3 is 2.82 bits per heavy atom. The SMILES string of the molecule is CN(Cc1ccsc1)c1ccc(Cl)cc1CN. The fourth-order valence-corrected chi connectivity index (χ4v) is 2.69. The van der Waals surface area contributed by atoms with Gasteiger partial charge in [-0.1, -0.05) is 11.6 Å². The molecule has 90 valence electrons. The van der Waals surface area contributed by atoms with Crippen LogP contribution in [0.4, 0.5) is 5.69 Å². The van der Waals surface area contributed by atoms with Gasteiger partial charge in [-0.3, -0.25) is 0 Å². The Kier molecular flexibility index (Phi) is 4.05. The first kappa shape index (κ1) is 12.4. The lowest BCUT2D eigenvalue weighted by Crippen LogP contribution is -2.18. The Morgan fingerprint density at radius 1 is 1.35 bits per heavy atom. The molecule has 17 heavy (non-hydrogen) atoms. The maximum Gasteiger partial charge on any atom is 0.0434 e. The molecule has 2 aromatic rings. The first-order valence-corrected chi connectivity index (χ1v) is 6.73. The van der Waals surface area contributed by atoms with E-state index in [1.54, 1.807) is 11.3 Å². The average Bonchev–Trinajstić information content (AvgIpc) is 2.81. The van der Waals surface area contributed by atoms with E-state index in [-0.39, 0.29) is 0 Å². The van der Waals surface area contributed by atoms with Crippen molar-refractivity contribution in [2.45, 2.75) is 13.1 Å². The predicted molar refractivity (Wildman–Crippen MR) is 75.8 cm³/mol. The van der Waals surface area contributed by atoms with Crippen molar-refractivity contribution in [2.75, 3.05) is 11.9 Å². The van der Waals surface area contributed by atoms with Gasteiger partial charge in [0.15, 0.2) is 0 Å². The maximum absolute atomic E-state index is 5.97. The Morgan fingerprint density at radius 2 is 2.18 bits per heavy atom. The first-order chi connectivity index (χ1) is 8.20. The van der Waals surface area contributed by atoms with Gasteiger partial charge >= 0.3 is 0 Å². The van der Waals surface area contributed by atoms with Gasteiger partial charge in [-0.05, 0) is 46.2 Å². The summed E-state index contributed by atoms with van der Waals surface area (Å²) in [4.78, 5) is 2.20. The number of benzene rings is 1. The molecule has 0 radical (unpaired) electrons. The smallest absolute Gasteiger partial charge is 0.0434 e. The number of anilines is 1. The largest absolute Gasteiger partial charge is 0.370 e. The van der Waals surface area contributed by atoms with Crippen LogP contribution in [0.1, 0.15) is 11.1 Å². The lowest BCUT2D eigenvalue weighted by molar-refractivity contribution is 0.908. The lowest BCUT2D eigenvalue weighted by atomic mass is 10.1. The lowest BCUT2D eigenvalue weighted by Gasteiger charge is -2.21. The molecule has 0 aliphatic rings. The van der Waals surface area contributed by atoms with Crippen molar-refractivity contribution in [3.8, 4) is 0 Å². The number of nitrogens with zero attached hydrogens (tertiary/aromatic N) is 1. The van der Waals surface area contributed by atoms with Crippen molar-refractivity contribution in [1.82, 2.24) is 0 Å². The van der Waals surface area contributed by atoms with Crippen LogP contribution >= 0.6 is 22.9 Å². The molecule has 0 atom stereocenters. The molecule has 2 N–H and O–H groups in total. The fourth-order valence-electron chi connectivity index (χ4n) is 1.83. The van der Waals surface area contributed by atoms with Gasteiger partial charge in [-0.2, -0.15) is 11.3 Å². The predicted octanol–water partition coefficient (Wildman–Crippen LogP) is 3.50. The van der Waals surface area contributed by atoms with Crippen LogP contribution in [0.2, 0.25) is 5.02 Å². The summed E-state index contributed by atoms with van der Waals surface area (Å²) in [7, 11) is 2.07. The monoisotopic (exact) mass is 266 g/mol. The third-order valence-corrected chi connectivity index (χ3v) is 3.64. The molecular formula is C13H15ClN2S. The van der Waals surface area contributed by atoms with Crippen LogP contribution in [-0.4, -0.2) is 7.05 Å². The van der Waals surface area contributed by atoms with E-state index < -0.39 is 0 Å². The van der Waals surface area contributed by atoms with Gasteiger partial charge in [0.25, 0.3) is 0 Å². The number of hydrogen-bond acceptors (Lipinski definition) is 3. The topological polar surface area (TPSA) is 29.3 Å². The molecule has 0 unspecified atom stereocenters. The molecule has 0 saturated carbocycles. The van der Waals surface area contributed by atoms with Crippen LogP contribution in [0.15, 0.2) is 35.0 Å². The van der Waals surface area contributed by atoms with Crippen LogP contribution in [0.25, 0.3) is 0 Å².